The van der Waals surface area contributed by atoms with Crippen molar-refractivity contribution in [2.45, 2.75) is 24.3 Å². The highest BCUT2D eigenvalue weighted by Crippen LogP contribution is 2.25. The van der Waals surface area contributed by atoms with E-state index in [0.29, 0.717) is 13.0 Å². The average Bonchev–Trinajstić information content (AvgIpc) is 2.38. The van der Waals surface area contributed by atoms with Gasteiger partial charge in [0.2, 0.25) is 15.9 Å². The number of nitrogens with zero attached hydrogens (tertiary/aromatic N) is 2. The summed E-state index contributed by atoms with van der Waals surface area (Å²) < 4.78 is 26.3. The van der Waals surface area contributed by atoms with E-state index in [-0.39, 0.29) is 22.5 Å². The third-order valence-corrected chi connectivity index (χ3v) is 5.33. The first-order chi connectivity index (χ1) is 8.98. The number of hydrogen-bond acceptors (Lipinski definition) is 4. The lowest BCUT2D eigenvalue weighted by atomic mass is 10.2. The molecule has 104 valence electrons. The van der Waals surface area contributed by atoms with Gasteiger partial charge < -0.3 is 5.32 Å². The van der Waals surface area contributed by atoms with Gasteiger partial charge in [0, 0.05) is 19.3 Å². The summed E-state index contributed by atoms with van der Waals surface area (Å²) in [6.07, 6.45) is 1.82. The van der Waals surface area contributed by atoms with E-state index in [9.17, 15) is 13.2 Å². The zero-order valence-corrected chi connectivity index (χ0v) is 11.9. The molecule has 0 spiro atoms. The van der Waals surface area contributed by atoms with Crippen LogP contribution in [0.25, 0.3) is 0 Å². The van der Waals surface area contributed by atoms with Crippen LogP contribution in [0.2, 0.25) is 5.15 Å². The lowest BCUT2D eigenvalue weighted by Crippen LogP contribution is -2.56. The molecule has 1 N–H and O–H groups in total. The average molecular weight is 304 g/mol. The maximum atomic E-state index is 12.5. The molecule has 1 amide bonds. The van der Waals surface area contributed by atoms with Crippen molar-refractivity contribution in [1.82, 2.24) is 14.6 Å². The van der Waals surface area contributed by atoms with Crippen LogP contribution in [0.4, 0.5) is 0 Å². The van der Waals surface area contributed by atoms with Crippen LogP contribution >= 0.6 is 11.6 Å². The Kier molecular flexibility index (Phi) is 4.07. The topological polar surface area (TPSA) is 79.4 Å². The fourth-order valence-corrected chi connectivity index (χ4v) is 4.15. The van der Waals surface area contributed by atoms with Crippen molar-refractivity contribution >= 4 is 27.5 Å². The molecule has 1 aliphatic rings. The SMILES string of the molecule is CCC1C(=O)NCCN1S(=O)(=O)c1cccnc1Cl. The summed E-state index contributed by atoms with van der Waals surface area (Å²) in [6.45, 7) is 2.30. The standard InChI is InChI=1S/C11H14ClN3O3S/c1-2-8-11(16)14-6-7-15(8)19(17,18)9-4-3-5-13-10(9)12/h3-5,8H,2,6-7H2,1H3,(H,14,16). The smallest absolute Gasteiger partial charge is 0.246 e. The minimum absolute atomic E-state index is 0.0650. The Morgan fingerprint density at radius 2 is 2.32 bits per heavy atom. The molecular weight excluding hydrogens is 290 g/mol. The molecule has 8 heteroatoms. The first kappa shape index (κ1) is 14.2. The van der Waals surface area contributed by atoms with Crippen LogP contribution in [0.5, 0.6) is 0 Å². The Labute approximate surface area is 116 Å². The molecule has 1 saturated heterocycles. The Bertz CT molecular complexity index is 591. The number of nitrogens with one attached hydrogen (secondary N) is 1. The molecule has 1 aliphatic heterocycles. The van der Waals surface area contributed by atoms with Gasteiger partial charge in [-0.1, -0.05) is 18.5 Å². The van der Waals surface area contributed by atoms with Crippen molar-refractivity contribution in [3.05, 3.63) is 23.5 Å². The summed E-state index contributed by atoms with van der Waals surface area (Å²) in [5.74, 6) is -0.280. The lowest BCUT2D eigenvalue weighted by molar-refractivity contribution is -0.126. The Morgan fingerprint density at radius 1 is 1.58 bits per heavy atom. The first-order valence-electron chi connectivity index (χ1n) is 5.88. The number of piperazine rings is 1. The van der Waals surface area contributed by atoms with Gasteiger partial charge in [0.1, 0.15) is 16.1 Å². The fourth-order valence-electron chi connectivity index (χ4n) is 2.06. The molecule has 1 atom stereocenters. The number of halogens is 1. The molecule has 1 aromatic rings. The molecular formula is C11H14ClN3O3S. The molecule has 19 heavy (non-hydrogen) atoms. The van der Waals surface area contributed by atoms with E-state index in [1.54, 1.807) is 6.92 Å². The van der Waals surface area contributed by atoms with Crippen LogP contribution in [0, 0.1) is 0 Å². The Morgan fingerprint density at radius 3 is 2.95 bits per heavy atom. The van der Waals surface area contributed by atoms with E-state index in [4.69, 9.17) is 11.6 Å². The molecule has 6 nitrogen and oxygen atoms in total. The first-order valence-corrected chi connectivity index (χ1v) is 7.70. The van der Waals surface area contributed by atoms with Gasteiger partial charge in [-0.05, 0) is 18.6 Å². The highest BCUT2D eigenvalue weighted by Gasteiger charge is 2.38. The molecule has 0 aliphatic carbocycles. The Hall–Kier alpha value is -1.18. The van der Waals surface area contributed by atoms with Gasteiger partial charge in [-0.15, -0.1) is 0 Å². The second kappa shape index (κ2) is 5.44. The number of aromatic nitrogens is 1. The van der Waals surface area contributed by atoms with E-state index in [1.807, 2.05) is 0 Å². The number of carbonyl (C=O) groups is 1. The number of pyridine rings is 1. The molecule has 0 aromatic carbocycles. The van der Waals surface area contributed by atoms with Gasteiger partial charge in [-0.3, -0.25) is 4.79 Å². The zero-order valence-electron chi connectivity index (χ0n) is 10.3. The quantitative estimate of drug-likeness (QED) is 0.831. The van der Waals surface area contributed by atoms with Crippen LogP contribution in [-0.2, 0) is 14.8 Å². The summed E-state index contributed by atoms with van der Waals surface area (Å²) >= 11 is 5.84. The van der Waals surface area contributed by atoms with Gasteiger partial charge in [0.05, 0.1) is 0 Å². The van der Waals surface area contributed by atoms with Gasteiger partial charge >= 0.3 is 0 Å². The highest BCUT2D eigenvalue weighted by atomic mass is 35.5. The minimum atomic E-state index is -3.81. The monoisotopic (exact) mass is 303 g/mol. The third kappa shape index (κ3) is 2.58. The van der Waals surface area contributed by atoms with E-state index in [2.05, 4.69) is 10.3 Å². The minimum Gasteiger partial charge on any atom is -0.353 e. The van der Waals surface area contributed by atoms with Gasteiger partial charge in [0.25, 0.3) is 0 Å². The fraction of sp³-hybridized carbons (Fsp3) is 0.455. The molecule has 2 heterocycles. The van der Waals surface area contributed by atoms with Crippen molar-refractivity contribution in [2.75, 3.05) is 13.1 Å². The zero-order chi connectivity index (χ0) is 14.0. The second-order valence-electron chi connectivity index (χ2n) is 4.12. The second-order valence-corrected chi connectivity index (χ2v) is 6.34. The van der Waals surface area contributed by atoms with Gasteiger partial charge in [0.15, 0.2) is 0 Å². The summed E-state index contributed by atoms with van der Waals surface area (Å²) in [5.41, 5.74) is 0. The molecule has 0 bridgehead atoms. The number of sulfonamides is 1. The highest BCUT2D eigenvalue weighted by molar-refractivity contribution is 7.89. The molecule has 1 unspecified atom stereocenters. The van der Waals surface area contributed by atoms with Crippen molar-refractivity contribution < 1.29 is 13.2 Å². The van der Waals surface area contributed by atoms with E-state index in [1.165, 1.54) is 22.6 Å². The van der Waals surface area contributed by atoms with E-state index >= 15 is 0 Å². The number of carbonyl (C=O) groups excluding carboxylic acids is 1. The molecule has 0 saturated carbocycles. The Balaban J connectivity index is 2.44. The van der Waals surface area contributed by atoms with E-state index < -0.39 is 16.1 Å². The summed E-state index contributed by atoms with van der Waals surface area (Å²) in [6, 6.07) is 2.20. The van der Waals surface area contributed by atoms with Crippen LogP contribution in [0.3, 0.4) is 0 Å². The van der Waals surface area contributed by atoms with Crippen molar-refractivity contribution in [1.29, 1.82) is 0 Å². The van der Waals surface area contributed by atoms with Crippen molar-refractivity contribution in [3.8, 4) is 0 Å². The molecule has 2 rings (SSSR count). The summed E-state index contributed by atoms with van der Waals surface area (Å²) in [7, 11) is -3.81. The summed E-state index contributed by atoms with van der Waals surface area (Å²) in [5, 5.41) is 2.58. The summed E-state index contributed by atoms with van der Waals surface area (Å²) in [4.78, 5) is 15.4. The largest absolute Gasteiger partial charge is 0.353 e. The molecule has 1 aromatic heterocycles. The number of hydrogen-bond donors (Lipinski definition) is 1. The predicted octanol–water partition coefficient (Wildman–Crippen LogP) is 0.634. The van der Waals surface area contributed by atoms with Crippen molar-refractivity contribution in [2.24, 2.45) is 0 Å². The maximum Gasteiger partial charge on any atom is 0.246 e. The van der Waals surface area contributed by atoms with Crippen LogP contribution < -0.4 is 5.32 Å². The normalized spacial score (nSPS) is 21.2. The van der Waals surface area contributed by atoms with Crippen molar-refractivity contribution in [3.63, 3.8) is 0 Å². The maximum absolute atomic E-state index is 12.5. The number of amides is 1. The van der Waals surface area contributed by atoms with Gasteiger partial charge in [-0.2, -0.15) is 4.31 Å². The molecule has 1 fully saturated rings. The third-order valence-electron chi connectivity index (χ3n) is 2.98. The number of rotatable bonds is 3. The lowest BCUT2D eigenvalue weighted by Gasteiger charge is -2.33. The predicted molar refractivity (Wildman–Crippen MR) is 70.2 cm³/mol. The van der Waals surface area contributed by atoms with Crippen LogP contribution in [-0.4, -0.2) is 42.7 Å². The molecule has 0 radical (unpaired) electrons. The van der Waals surface area contributed by atoms with E-state index in [0.717, 1.165) is 0 Å². The van der Waals surface area contributed by atoms with Gasteiger partial charge in [-0.25, -0.2) is 13.4 Å². The van der Waals surface area contributed by atoms with Crippen LogP contribution in [0.1, 0.15) is 13.3 Å². The van der Waals surface area contributed by atoms with Crippen LogP contribution in [0.15, 0.2) is 23.2 Å².